The van der Waals surface area contributed by atoms with Gasteiger partial charge in [0.2, 0.25) is 0 Å². The third-order valence-electron chi connectivity index (χ3n) is 2.98. The number of carbonyl (C=O) groups is 1. The van der Waals surface area contributed by atoms with Gasteiger partial charge in [-0.2, -0.15) is 0 Å². The number of aryl methyl sites for hydroxylation is 1. The largest absolute Gasteiger partial charge is 0.322 e. The van der Waals surface area contributed by atoms with Gasteiger partial charge in [0.25, 0.3) is 5.91 Å². The van der Waals surface area contributed by atoms with E-state index in [2.05, 4.69) is 11.9 Å². The number of para-hydroxylation sites is 1. The van der Waals surface area contributed by atoms with Gasteiger partial charge in [0.15, 0.2) is 0 Å². The Morgan fingerprint density at radius 3 is 2.58 bits per heavy atom. The van der Waals surface area contributed by atoms with Crippen LogP contribution in [0.4, 0.5) is 5.69 Å². The quantitative estimate of drug-likeness (QED) is 0.818. The smallest absolute Gasteiger partial charge is 0.256 e. The van der Waals surface area contributed by atoms with Crippen molar-refractivity contribution in [3.8, 4) is 0 Å². The lowest BCUT2D eigenvalue weighted by atomic mass is 9.99. The van der Waals surface area contributed by atoms with Crippen LogP contribution in [0.15, 0.2) is 61.2 Å². The zero-order valence-electron chi connectivity index (χ0n) is 11.0. The summed E-state index contributed by atoms with van der Waals surface area (Å²) in [5.41, 5.74) is 3.53. The van der Waals surface area contributed by atoms with Crippen molar-refractivity contribution in [2.75, 3.05) is 5.32 Å². The molecule has 0 aromatic heterocycles. The maximum atomic E-state index is 12.4. The van der Waals surface area contributed by atoms with Crippen LogP contribution in [0.1, 0.15) is 21.5 Å². The number of rotatable bonds is 4. The van der Waals surface area contributed by atoms with E-state index < -0.39 is 0 Å². The lowest BCUT2D eigenvalue weighted by Gasteiger charge is -2.11. The summed E-state index contributed by atoms with van der Waals surface area (Å²) in [6.45, 7) is 5.69. The van der Waals surface area contributed by atoms with E-state index in [1.165, 1.54) is 0 Å². The summed E-state index contributed by atoms with van der Waals surface area (Å²) in [7, 11) is 0. The molecule has 0 aliphatic rings. The molecule has 0 spiro atoms. The monoisotopic (exact) mass is 251 g/mol. The van der Waals surface area contributed by atoms with Crippen molar-refractivity contribution in [3.05, 3.63) is 77.9 Å². The van der Waals surface area contributed by atoms with Crippen LogP contribution in [-0.4, -0.2) is 5.91 Å². The van der Waals surface area contributed by atoms with E-state index in [9.17, 15) is 4.79 Å². The molecular formula is C17H17NO. The Balaban J connectivity index is 2.30. The first kappa shape index (κ1) is 13.1. The summed E-state index contributed by atoms with van der Waals surface area (Å²) < 4.78 is 0. The fourth-order valence-electron chi connectivity index (χ4n) is 2.09. The number of benzene rings is 2. The maximum absolute atomic E-state index is 12.4. The maximum Gasteiger partial charge on any atom is 0.256 e. The van der Waals surface area contributed by atoms with Crippen LogP contribution in [0, 0.1) is 6.92 Å². The molecule has 2 heteroatoms. The highest BCUT2D eigenvalue weighted by Crippen LogP contribution is 2.17. The molecule has 0 bridgehead atoms. The van der Waals surface area contributed by atoms with Crippen molar-refractivity contribution in [3.63, 3.8) is 0 Å². The van der Waals surface area contributed by atoms with E-state index in [0.717, 1.165) is 22.4 Å². The number of hydrogen-bond donors (Lipinski definition) is 1. The normalized spacial score (nSPS) is 9.95. The van der Waals surface area contributed by atoms with Crippen LogP contribution >= 0.6 is 0 Å². The average Bonchev–Trinajstić information content (AvgIpc) is 2.40. The second-order valence-corrected chi connectivity index (χ2v) is 4.42. The van der Waals surface area contributed by atoms with Gasteiger partial charge in [-0.05, 0) is 36.6 Å². The Hall–Kier alpha value is -2.35. The minimum absolute atomic E-state index is 0.0684. The Morgan fingerprint density at radius 1 is 1.16 bits per heavy atom. The molecule has 0 atom stereocenters. The summed E-state index contributed by atoms with van der Waals surface area (Å²) in [6, 6.07) is 15.4. The molecule has 19 heavy (non-hydrogen) atoms. The number of anilines is 1. The van der Waals surface area contributed by atoms with Gasteiger partial charge < -0.3 is 5.32 Å². The molecule has 0 heterocycles. The molecule has 0 fully saturated rings. The van der Waals surface area contributed by atoms with E-state index in [1.807, 2.05) is 61.5 Å². The average molecular weight is 251 g/mol. The predicted octanol–water partition coefficient (Wildman–Crippen LogP) is 3.98. The van der Waals surface area contributed by atoms with Crippen LogP contribution in [0.25, 0.3) is 0 Å². The SMILES string of the molecule is C=CCc1cccc(C)c1C(=O)Nc1ccccc1. The molecule has 0 unspecified atom stereocenters. The zero-order valence-corrected chi connectivity index (χ0v) is 11.0. The Labute approximate surface area is 113 Å². The van der Waals surface area contributed by atoms with Crippen molar-refractivity contribution < 1.29 is 4.79 Å². The number of amides is 1. The third kappa shape index (κ3) is 3.10. The fourth-order valence-corrected chi connectivity index (χ4v) is 2.09. The summed E-state index contributed by atoms with van der Waals surface area (Å²) >= 11 is 0. The highest BCUT2D eigenvalue weighted by Gasteiger charge is 2.13. The number of nitrogens with one attached hydrogen (secondary N) is 1. The second-order valence-electron chi connectivity index (χ2n) is 4.42. The van der Waals surface area contributed by atoms with Gasteiger partial charge in [-0.25, -0.2) is 0 Å². The fraction of sp³-hybridized carbons (Fsp3) is 0.118. The zero-order chi connectivity index (χ0) is 13.7. The molecule has 96 valence electrons. The standard InChI is InChI=1S/C17H17NO/c1-3-8-14-10-7-9-13(2)16(14)17(19)18-15-11-5-4-6-12-15/h3-7,9-12H,1,8H2,2H3,(H,18,19). The molecule has 1 amide bonds. The van der Waals surface area contributed by atoms with Crippen molar-refractivity contribution >= 4 is 11.6 Å². The highest BCUT2D eigenvalue weighted by molar-refractivity contribution is 6.06. The van der Waals surface area contributed by atoms with E-state index in [1.54, 1.807) is 0 Å². The Morgan fingerprint density at radius 2 is 1.89 bits per heavy atom. The van der Waals surface area contributed by atoms with Crippen molar-refractivity contribution in [1.29, 1.82) is 0 Å². The van der Waals surface area contributed by atoms with Crippen molar-refractivity contribution in [1.82, 2.24) is 0 Å². The number of hydrogen-bond acceptors (Lipinski definition) is 1. The van der Waals surface area contributed by atoms with Crippen LogP contribution in [-0.2, 0) is 6.42 Å². The van der Waals surface area contributed by atoms with Gasteiger partial charge in [0.1, 0.15) is 0 Å². The number of carbonyl (C=O) groups excluding carboxylic acids is 1. The lowest BCUT2D eigenvalue weighted by molar-refractivity contribution is 0.102. The molecule has 2 aromatic rings. The molecule has 2 aromatic carbocycles. The molecule has 0 radical (unpaired) electrons. The summed E-state index contributed by atoms with van der Waals surface area (Å²) in [4.78, 5) is 12.4. The first-order valence-electron chi connectivity index (χ1n) is 6.28. The van der Waals surface area contributed by atoms with Crippen molar-refractivity contribution in [2.45, 2.75) is 13.3 Å². The van der Waals surface area contributed by atoms with E-state index in [0.29, 0.717) is 6.42 Å². The Kier molecular flexibility index (Phi) is 4.14. The van der Waals surface area contributed by atoms with E-state index >= 15 is 0 Å². The Bertz CT molecular complexity index is 587. The summed E-state index contributed by atoms with van der Waals surface area (Å²) in [5.74, 6) is -0.0684. The summed E-state index contributed by atoms with van der Waals surface area (Å²) in [5, 5.41) is 2.92. The molecule has 0 saturated heterocycles. The minimum atomic E-state index is -0.0684. The molecule has 0 saturated carbocycles. The second kappa shape index (κ2) is 6.01. The van der Waals surface area contributed by atoms with Gasteiger partial charge in [0, 0.05) is 11.3 Å². The van der Waals surface area contributed by atoms with Gasteiger partial charge in [-0.15, -0.1) is 6.58 Å². The molecular weight excluding hydrogens is 234 g/mol. The molecule has 2 rings (SSSR count). The van der Waals surface area contributed by atoms with Crippen LogP contribution in [0.2, 0.25) is 0 Å². The van der Waals surface area contributed by atoms with Gasteiger partial charge in [-0.3, -0.25) is 4.79 Å². The van der Waals surface area contributed by atoms with E-state index in [4.69, 9.17) is 0 Å². The number of allylic oxidation sites excluding steroid dienone is 1. The molecule has 2 nitrogen and oxygen atoms in total. The topological polar surface area (TPSA) is 29.1 Å². The lowest BCUT2D eigenvalue weighted by Crippen LogP contribution is -2.15. The van der Waals surface area contributed by atoms with Gasteiger partial charge in [-0.1, -0.05) is 42.5 Å². The van der Waals surface area contributed by atoms with Crippen LogP contribution in [0.5, 0.6) is 0 Å². The third-order valence-corrected chi connectivity index (χ3v) is 2.98. The molecule has 1 N–H and O–H groups in total. The first-order valence-corrected chi connectivity index (χ1v) is 6.28. The van der Waals surface area contributed by atoms with Crippen LogP contribution < -0.4 is 5.32 Å². The first-order chi connectivity index (χ1) is 9.22. The summed E-state index contributed by atoms with van der Waals surface area (Å²) in [6.07, 6.45) is 2.51. The highest BCUT2D eigenvalue weighted by atomic mass is 16.1. The van der Waals surface area contributed by atoms with Gasteiger partial charge in [0.05, 0.1) is 0 Å². The minimum Gasteiger partial charge on any atom is -0.322 e. The van der Waals surface area contributed by atoms with Gasteiger partial charge >= 0.3 is 0 Å². The van der Waals surface area contributed by atoms with E-state index in [-0.39, 0.29) is 5.91 Å². The molecule has 0 aliphatic carbocycles. The van der Waals surface area contributed by atoms with Crippen molar-refractivity contribution in [2.24, 2.45) is 0 Å². The van der Waals surface area contributed by atoms with Crippen LogP contribution in [0.3, 0.4) is 0 Å². The predicted molar refractivity (Wildman–Crippen MR) is 79.5 cm³/mol. The molecule has 0 aliphatic heterocycles.